The normalized spacial score (nSPS) is 10.9. The molecular weight excluding hydrogens is 362 g/mol. The van der Waals surface area contributed by atoms with Crippen molar-refractivity contribution in [1.29, 1.82) is 0 Å². The molecule has 4 nitrogen and oxygen atoms in total. The molecule has 0 aliphatic heterocycles. The number of aryl methyl sites for hydroxylation is 1. The first kappa shape index (κ1) is 22.5. The van der Waals surface area contributed by atoms with E-state index in [2.05, 4.69) is 32.2 Å². The molecule has 2 aromatic carbocycles. The third-order valence-corrected chi connectivity index (χ3v) is 4.51. The zero-order valence-electron chi connectivity index (χ0n) is 18.1. The van der Waals surface area contributed by atoms with Gasteiger partial charge in [0.1, 0.15) is 11.5 Å². The van der Waals surface area contributed by atoms with Gasteiger partial charge >= 0.3 is 0 Å². The standard InChI is InChI=1S/C25H33NO3/c1-5-8-20-17-21(25(29-16-7-3)18-24(20)28-15-6-2)11-14-23(27)19-9-12-22(26-4)13-10-19/h9-14,17-18,26H,5-8,15-16H2,1-4H3. The van der Waals surface area contributed by atoms with E-state index in [0.29, 0.717) is 18.8 Å². The summed E-state index contributed by atoms with van der Waals surface area (Å²) in [6.07, 6.45) is 7.29. The molecule has 0 aliphatic rings. The van der Waals surface area contributed by atoms with Crippen LogP contribution in [-0.4, -0.2) is 26.0 Å². The van der Waals surface area contributed by atoms with Gasteiger partial charge in [0.05, 0.1) is 13.2 Å². The zero-order chi connectivity index (χ0) is 21.1. The van der Waals surface area contributed by atoms with Crippen molar-refractivity contribution in [3.05, 3.63) is 59.2 Å². The molecule has 0 bridgehead atoms. The summed E-state index contributed by atoms with van der Waals surface area (Å²) < 4.78 is 11.9. The molecule has 0 atom stereocenters. The first-order valence-corrected chi connectivity index (χ1v) is 10.6. The van der Waals surface area contributed by atoms with Crippen LogP contribution in [0.2, 0.25) is 0 Å². The molecule has 0 radical (unpaired) electrons. The Morgan fingerprint density at radius 1 is 0.931 bits per heavy atom. The van der Waals surface area contributed by atoms with E-state index < -0.39 is 0 Å². The van der Waals surface area contributed by atoms with Crippen LogP contribution in [0.3, 0.4) is 0 Å². The van der Waals surface area contributed by atoms with Gasteiger partial charge in [-0.3, -0.25) is 4.79 Å². The number of hydrogen-bond acceptors (Lipinski definition) is 4. The minimum Gasteiger partial charge on any atom is -0.493 e. The summed E-state index contributed by atoms with van der Waals surface area (Å²) in [6, 6.07) is 11.5. The molecule has 0 heterocycles. The van der Waals surface area contributed by atoms with Crippen molar-refractivity contribution in [2.45, 2.75) is 46.5 Å². The number of benzene rings is 2. The van der Waals surface area contributed by atoms with E-state index in [1.807, 2.05) is 43.5 Å². The molecule has 0 aliphatic carbocycles. The first-order chi connectivity index (χ1) is 14.1. The van der Waals surface area contributed by atoms with E-state index in [1.54, 1.807) is 6.08 Å². The van der Waals surface area contributed by atoms with Gasteiger partial charge in [-0.15, -0.1) is 0 Å². The van der Waals surface area contributed by atoms with Crippen molar-refractivity contribution in [1.82, 2.24) is 0 Å². The average Bonchev–Trinajstić information content (AvgIpc) is 2.75. The maximum Gasteiger partial charge on any atom is 0.185 e. The van der Waals surface area contributed by atoms with Crippen LogP contribution in [0.5, 0.6) is 11.5 Å². The van der Waals surface area contributed by atoms with E-state index in [4.69, 9.17) is 9.47 Å². The van der Waals surface area contributed by atoms with E-state index in [-0.39, 0.29) is 5.78 Å². The van der Waals surface area contributed by atoms with Gasteiger partial charge in [0.25, 0.3) is 0 Å². The van der Waals surface area contributed by atoms with Crippen molar-refractivity contribution in [3.8, 4) is 11.5 Å². The summed E-state index contributed by atoms with van der Waals surface area (Å²) in [5.41, 5.74) is 3.70. The Balaban J connectivity index is 2.32. The van der Waals surface area contributed by atoms with Gasteiger partial charge in [-0.1, -0.05) is 27.2 Å². The van der Waals surface area contributed by atoms with Crippen molar-refractivity contribution in [3.63, 3.8) is 0 Å². The predicted octanol–water partition coefficient (Wildman–Crippen LogP) is 6.15. The topological polar surface area (TPSA) is 47.6 Å². The number of anilines is 1. The summed E-state index contributed by atoms with van der Waals surface area (Å²) in [5, 5.41) is 3.06. The molecule has 0 amide bonds. The van der Waals surface area contributed by atoms with Crippen LogP contribution < -0.4 is 14.8 Å². The highest BCUT2D eigenvalue weighted by Crippen LogP contribution is 2.32. The first-order valence-electron chi connectivity index (χ1n) is 10.6. The Morgan fingerprint density at radius 2 is 1.59 bits per heavy atom. The summed E-state index contributed by atoms with van der Waals surface area (Å²) in [5.74, 6) is 1.61. The van der Waals surface area contributed by atoms with Crippen LogP contribution in [-0.2, 0) is 6.42 Å². The van der Waals surface area contributed by atoms with Gasteiger partial charge in [-0.2, -0.15) is 0 Å². The largest absolute Gasteiger partial charge is 0.493 e. The number of ether oxygens (including phenoxy) is 2. The number of nitrogens with one attached hydrogen (secondary N) is 1. The SMILES string of the molecule is CCCOc1cc(OCCC)c(CCC)cc1C=CC(=O)c1ccc(NC)cc1. The van der Waals surface area contributed by atoms with Crippen LogP contribution >= 0.6 is 0 Å². The molecule has 0 spiro atoms. The van der Waals surface area contributed by atoms with Crippen LogP contribution in [0.4, 0.5) is 5.69 Å². The number of rotatable bonds is 12. The molecule has 2 aromatic rings. The molecule has 0 unspecified atom stereocenters. The smallest absolute Gasteiger partial charge is 0.185 e. The van der Waals surface area contributed by atoms with Gasteiger partial charge in [-0.25, -0.2) is 0 Å². The zero-order valence-corrected chi connectivity index (χ0v) is 18.1. The number of ketones is 1. The Bertz CT molecular complexity index is 810. The van der Waals surface area contributed by atoms with Crippen molar-refractivity contribution in [2.24, 2.45) is 0 Å². The van der Waals surface area contributed by atoms with Crippen LogP contribution in [0, 0.1) is 0 Å². The lowest BCUT2D eigenvalue weighted by Crippen LogP contribution is -2.03. The Hall–Kier alpha value is -2.75. The summed E-state index contributed by atoms with van der Waals surface area (Å²) in [7, 11) is 1.86. The Kier molecular flexibility index (Phi) is 9.29. The molecule has 156 valence electrons. The van der Waals surface area contributed by atoms with Crippen molar-refractivity contribution in [2.75, 3.05) is 25.6 Å². The Labute approximate surface area is 174 Å². The average molecular weight is 396 g/mol. The molecule has 29 heavy (non-hydrogen) atoms. The van der Waals surface area contributed by atoms with Gasteiger partial charge in [0.2, 0.25) is 0 Å². The lowest BCUT2D eigenvalue weighted by Gasteiger charge is -2.16. The van der Waals surface area contributed by atoms with E-state index in [0.717, 1.165) is 54.0 Å². The van der Waals surface area contributed by atoms with Crippen LogP contribution in [0.15, 0.2) is 42.5 Å². The molecule has 4 heteroatoms. The van der Waals surface area contributed by atoms with Gasteiger partial charge in [-0.05, 0) is 67.3 Å². The molecule has 2 rings (SSSR count). The molecular formula is C25H33NO3. The van der Waals surface area contributed by atoms with E-state index in [9.17, 15) is 4.79 Å². The highest BCUT2D eigenvalue weighted by atomic mass is 16.5. The van der Waals surface area contributed by atoms with Gasteiger partial charge in [0.15, 0.2) is 5.78 Å². The highest BCUT2D eigenvalue weighted by Gasteiger charge is 2.11. The highest BCUT2D eigenvalue weighted by molar-refractivity contribution is 6.07. The second kappa shape index (κ2) is 11.9. The molecule has 1 N–H and O–H groups in total. The molecule has 0 saturated carbocycles. The molecule has 0 aromatic heterocycles. The molecule has 0 saturated heterocycles. The Morgan fingerprint density at radius 3 is 2.17 bits per heavy atom. The maximum absolute atomic E-state index is 12.6. The third kappa shape index (κ3) is 6.67. The fourth-order valence-corrected chi connectivity index (χ4v) is 2.97. The predicted molar refractivity (Wildman–Crippen MR) is 121 cm³/mol. The van der Waals surface area contributed by atoms with Crippen LogP contribution in [0.1, 0.15) is 61.5 Å². The number of hydrogen-bond donors (Lipinski definition) is 1. The van der Waals surface area contributed by atoms with Gasteiger partial charge < -0.3 is 14.8 Å². The fourth-order valence-electron chi connectivity index (χ4n) is 2.97. The number of carbonyl (C=O) groups is 1. The lowest BCUT2D eigenvalue weighted by molar-refractivity contribution is 0.104. The third-order valence-electron chi connectivity index (χ3n) is 4.51. The minimum absolute atomic E-state index is 0.0301. The lowest BCUT2D eigenvalue weighted by atomic mass is 10.0. The number of carbonyl (C=O) groups excluding carboxylic acids is 1. The summed E-state index contributed by atoms with van der Waals surface area (Å²) in [6.45, 7) is 7.63. The number of allylic oxidation sites excluding steroid dienone is 1. The maximum atomic E-state index is 12.6. The van der Waals surface area contributed by atoms with Crippen molar-refractivity contribution >= 4 is 17.5 Å². The molecule has 0 fully saturated rings. The van der Waals surface area contributed by atoms with Crippen molar-refractivity contribution < 1.29 is 14.3 Å². The van der Waals surface area contributed by atoms with E-state index >= 15 is 0 Å². The van der Waals surface area contributed by atoms with Crippen LogP contribution in [0.25, 0.3) is 6.08 Å². The quantitative estimate of drug-likeness (QED) is 0.346. The minimum atomic E-state index is -0.0301. The monoisotopic (exact) mass is 395 g/mol. The fraction of sp³-hybridized carbons (Fsp3) is 0.400. The summed E-state index contributed by atoms with van der Waals surface area (Å²) in [4.78, 5) is 12.6. The van der Waals surface area contributed by atoms with Gasteiger partial charge in [0, 0.05) is 29.9 Å². The second-order valence-corrected chi connectivity index (χ2v) is 6.97. The second-order valence-electron chi connectivity index (χ2n) is 6.97. The summed E-state index contributed by atoms with van der Waals surface area (Å²) >= 11 is 0. The van der Waals surface area contributed by atoms with E-state index in [1.165, 1.54) is 0 Å².